The molecule has 0 aromatic rings. The van der Waals surface area contributed by atoms with Gasteiger partial charge in [-0.3, -0.25) is 4.79 Å². The summed E-state index contributed by atoms with van der Waals surface area (Å²) < 4.78 is 0. The zero-order valence-corrected chi connectivity index (χ0v) is 14.1. The van der Waals surface area contributed by atoms with E-state index in [4.69, 9.17) is 5.73 Å². The Morgan fingerprint density at radius 1 is 1.30 bits per heavy atom. The Morgan fingerprint density at radius 3 is 2.30 bits per heavy atom. The Hall–Kier alpha value is -0.570. The lowest BCUT2D eigenvalue weighted by Gasteiger charge is -2.39. The maximum absolute atomic E-state index is 12.4. The molecule has 0 heterocycles. The van der Waals surface area contributed by atoms with Crippen LogP contribution in [-0.2, 0) is 4.79 Å². The number of carbonyl (C=O) groups is 1. The first kappa shape index (κ1) is 17.5. The van der Waals surface area contributed by atoms with Crippen LogP contribution in [0.1, 0.15) is 66.2 Å². The second kappa shape index (κ2) is 7.44. The molecule has 118 valence electrons. The molecule has 3 heteroatoms. The summed E-state index contributed by atoms with van der Waals surface area (Å²) in [5.74, 6) is 1.23. The lowest BCUT2D eigenvalue weighted by atomic mass is 9.75. The summed E-state index contributed by atoms with van der Waals surface area (Å²) >= 11 is 0. The summed E-state index contributed by atoms with van der Waals surface area (Å²) in [6, 6.07) is 0.438. The van der Waals surface area contributed by atoms with Crippen LogP contribution in [0.2, 0.25) is 0 Å². The van der Waals surface area contributed by atoms with E-state index >= 15 is 0 Å². The Labute approximate surface area is 125 Å². The standard InChI is InChI=1S/C17H34N2O/c1-13(2)10-14(12-18)11-16(20)19(5)15-6-8-17(3,4)9-7-15/h13-15H,6-12,18H2,1-5H3/t14-/m0/s1. The predicted molar refractivity (Wildman–Crippen MR) is 85.4 cm³/mol. The first-order valence-corrected chi connectivity index (χ1v) is 8.21. The Balaban J connectivity index is 2.46. The fourth-order valence-corrected chi connectivity index (χ4v) is 3.30. The lowest BCUT2D eigenvalue weighted by Crippen LogP contribution is -2.41. The van der Waals surface area contributed by atoms with Crippen molar-refractivity contribution in [2.45, 2.75) is 72.3 Å². The second-order valence-electron chi connectivity index (χ2n) is 7.84. The number of rotatable bonds is 6. The minimum atomic E-state index is 0.283. The van der Waals surface area contributed by atoms with E-state index in [9.17, 15) is 4.79 Å². The van der Waals surface area contributed by atoms with Crippen LogP contribution < -0.4 is 5.73 Å². The number of nitrogens with two attached hydrogens (primary N) is 1. The lowest BCUT2D eigenvalue weighted by molar-refractivity contribution is -0.134. The van der Waals surface area contributed by atoms with Crippen molar-refractivity contribution in [3.63, 3.8) is 0 Å². The molecule has 20 heavy (non-hydrogen) atoms. The zero-order chi connectivity index (χ0) is 15.3. The van der Waals surface area contributed by atoms with Gasteiger partial charge in [0.15, 0.2) is 0 Å². The molecule has 0 aromatic heterocycles. The van der Waals surface area contributed by atoms with Crippen LogP contribution in [0.15, 0.2) is 0 Å². The normalized spacial score (nSPS) is 20.9. The van der Waals surface area contributed by atoms with Gasteiger partial charge >= 0.3 is 0 Å². The SMILES string of the molecule is CC(C)C[C@H](CN)CC(=O)N(C)C1CCC(C)(C)CC1. The fourth-order valence-electron chi connectivity index (χ4n) is 3.30. The van der Waals surface area contributed by atoms with Crippen molar-refractivity contribution in [3.8, 4) is 0 Å². The molecule has 1 atom stereocenters. The summed E-state index contributed by atoms with van der Waals surface area (Å²) in [6.07, 6.45) is 6.40. The van der Waals surface area contributed by atoms with Crippen molar-refractivity contribution in [1.29, 1.82) is 0 Å². The number of hydrogen-bond donors (Lipinski definition) is 1. The molecule has 0 aromatic carbocycles. The molecule has 1 amide bonds. The van der Waals surface area contributed by atoms with Gasteiger partial charge in [0, 0.05) is 19.5 Å². The predicted octanol–water partition coefficient (Wildman–Crippen LogP) is 3.42. The van der Waals surface area contributed by atoms with Crippen molar-refractivity contribution in [2.75, 3.05) is 13.6 Å². The van der Waals surface area contributed by atoms with Gasteiger partial charge in [0.25, 0.3) is 0 Å². The number of hydrogen-bond acceptors (Lipinski definition) is 2. The molecule has 0 unspecified atom stereocenters. The zero-order valence-electron chi connectivity index (χ0n) is 14.1. The van der Waals surface area contributed by atoms with Crippen LogP contribution in [0.5, 0.6) is 0 Å². The third-order valence-corrected chi connectivity index (χ3v) is 4.85. The van der Waals surface area contributed by atoms with Gasteiger partial charge in [-0.05, 0) is 55.9 Å². The molecule has 1 saturated carbocycles. The minimum absolute atomic E-state index is 0.283. The highest BCUT2D eigenvalue weighted by molar-refractivity contribution is 5.76. The fraction of sp³-hybridized carbons (Fsp3) is 0.941. The molecule has 1 aliphatic rings. The van der Waals surface area contributed by atoms with Gasteiger partial charge in [-0.2, -0.15) is 0 Å². The van der Waals surface area contributed by atoms with Crippen molar-refractivity contribution >= 4 is 5.91 Å². The van der Waals surface area contributed by atoms with Gasteiger partial charge in [0.05, 0.1) is 0 Å². The van der Waals surface area contributed by atoms with Gasteiger partial charge in [0.1, 0.15) is 0 Å². The Kier molecular flexibility index (Phi) is 6.50. The van der Waals surface area contributed by atoms with E-state index < -0.39 is 0 Å². The molecular formula is C17H34N2O. The van der Waals surface area contributed by atoms with Crippen LogP contribution in [0.4, 0.5) is 0 Å². The highest BCUT2D eigenvalue weighted by atomic mass is 16.2. The molecule has 0 spiro atoms. The molecule has 0 radical (unpaired) electrons. The molecule has 2 N–H and O–H groups in total. The molecular weight excluding hydrogens is 248 g/mol. The van der Waals surface area contributed by atoms with Crippen LogP contribution >= 0.6 is 0 Å². The monoisotopic (exact) mass is 282 g/mol. The van der Waals surface area contributed by atoms with E-state index in [1.54, 1.807) is 0 Å². The Bertz CT molecular complexity index is 302. The number of carbonyl (C=O) groups excluding carboxylic acids is 1. The topological polar surface area (TPSA) is 46.3 Å². The van der Waals surface area contributed by atoms with Gasteiger partial charge in [-0.1, -0.05) is 27.7 Å². The van der Waals surface area contributed by atoms with E-state index in [-0.39, 0.29) is 5.91 Å². The summed E-state index contributed by atoms with van der Waals surface area (Å²) in [7, 11) is 1.98. The van der Waals surface area contributed by atoms with E-state index in [1.807, 2.05) is 11.9 Å². The van der Waals surface area contributed by atoms with Crippen molar-refractivity contribution < 1.29 is 4.79 Å². The van der Waals surface area contributed by atoms with Gasteiger partial charge in [0.2, 0.25) is 5.91 Å². The molecule has 3 nitrogen and oxygen atoms in total. The largest absolute Gasteiger partial charge is 0.343 e. The maximum Gasteiger partial charge on any atom is 0.222 e. The van der Waals surface area contributed by atoms with Crippen molar-refractivity contribution in [1.82, 2.24) is 4.90 Å². The second-order valence-corrected chi connectivity index (χ2v) is 7.84. The van der Waals surface area contributed by atoms with Crippen LogP contribution in [0.25, 0.3) is 0 Å². The molecule has 1 fully saturated rings. The average molecular weight is 282 g/mol. The highest BCUT2D eigenvalue weighted by Crippen LogP contribution is 2.36. The van der Waals surface area contributed by atoms with Crippen molar-refractivity contribution in [3.05, 3.63) is 0 Å². The van der Waals surface area contributed by atoms with Gasteiger partial charge in [-0.15, -0.1) is 0 Å². The summed E-state index contributed by atoms with van der Waals surface area (Å²) in [4.78, 5) is 14.4. The van der Waals surface area contributed by atoms with Crippen LogP contribution in [0.3, 0.4) is 0 Å². The molecule has 0 saturated heterocycles. The third kappa shape index (κ3) is 5.43. The number of amides is 1. The summed E-state index contributed by atoms with van der Waals surface area (Å²) in [6.45, 7) is 9.67. The van der Waals surface area contributed by atoms with Crippen molar-refractivity contribution in [2.24, 2.45) is 23.0 Å². The van der Waals surface area contributed by atoms with Crippen LogP contribution in [0, 0.1) is 17.3 Å². The molecule has 0 aliphatic heterocycles. The molecule has 1 aliphatic carbocycles. The van der Waals surface area contributed by atoms with Crippen LogP contribution in [-0.4, -0.2) is 30.4 Å². The van der Waals surface area contributed by atoms with Gasteiger partial charge in [-0.25, -0.2) is 0 Å². The quantitative estimate of drug-likeness (QED) is 0.811. The molecule has 1 rings (SSSR count). The van der Waals surface area contributed by atoms with E-state index in [0.29, 0.717) is 36.3 Å². The van der Waals surface area contributed by atoms with E-state index in [2.05, 4.69) is 27.7 Å². The van der Waals surface area contributed by atoms with E-state index in [0.717, 1.165) is 19.3 Å². The van der Waals surface area contributed by atoms with Gasteiger partial charge < -0.3 is 10.6 Å². The summed E-state index contributed by atoms with van der Waals surface area (Å²) in [5, 5.41) is 0. The first-order valence-electron chi connectivity index (χ1n) is 8.21. The van der Waals surface area contributed by atoms with E-state index in [1.165, 1.54) is 12.8 Å². The number of nitrogens with zero attached hydrogens (tertiary/aromatic N) is 1. The summed E-state index contributed by atoms with van der Waals surface area (Å²) in [5.41, 5.74) is 6.27. The molecule has 0 bridgehead atoms. The first-order chi connectivity index (χ1) is 9.25. The smallest absolute Gasteiger partial charge is 0.222 e. The average Bonchev–Trinajstić information content (AvgIpc) is 2.36. The third-order valence-electron chi connectivity index (χ3n) is 4.85. The minimum Gasteiger partial charge on any atom is -0.343 e. The Morgan fingerprint density at radius 2 is 1.85 bits per heavy atom. The maximum atomic E-state index is 12.4. The highest BCUT2D eigenvalue weighted by Gasteiger charge is 2.30.